The maximum atomic E-state index is 11.7. The number of carbonyl (C=O) groups is 1. The molecule has 0 heterocycles. The molecule has 0 saturated carbocycles. The van der Waals surface area contributed by atoms with E-state index in [0.29, 0.717) is 11.7 Å². The van der Waals surface area contributed by atoms with Gasteiger partial charge in [0.05, 0.1) is 5.75 Å². The molecule has 0 aromatic heterocycles. The molecule has 94 valence electrons. The Balaban J connectivity index is 2.35. The van der Waals surface area contributed by atoms with Crippen LogP contribution in [0, 0.1) is 12.8 Å². The number of carbonyl (C=O) groups excluding carboxylic acids is 1. The molecular formula is C14H21NOS. The molecule has 0 radical (unpaired) electrons. The second-order valence-electron chi connectivity index (χ2n) is 4.70. The smallest absolute Gasteiger partial charge is 0.230 e. The topological polar surface area (TPSA) is 29.1 Å². The van der Waals surface area contributed by atoms with Gasteiger partial charge in [0.25, 0.3) is 0 Å². The van der Waals surface area contributed by atoms with Gasteiger partial charge < -0.3 is 5.32 Å². The van der Waals surface area contributed by atoms with E-state index in [1.165, 1.54) is 5.56 Å². The first-order valence-corrected chi connectivity index (χ1v) is 6.96. The van der Waals surface area contributed by atoms with Crippen LogP contribution in [0.4, 0.5) is 0 Å². The van der Waals surface area contributed by atoms with E-state index >= 15 is 0 Å². The molecule has 1 aromatic carbocycles. The number of hydrogen-bond acceptors (Lipinski definition) is 2. The average Bonchev–Trinajstić information content (AvgIpc) is 2.28. The van der Waals surface area contributed by atoms with Gasteiger partial charge in [0, 0.05) is 10.9 Å². The number of amides is 1. The fourth-order valence-electron chi connectivity index (χ4n) is 1.25. The molecule has 0 fully saturated rings. The summed E-state index contributed by atoms with van der Waals surface area (Å²) in [5.74, 6) is 1.07. The van der Waals surface area contributed by atoms with E-state index in [1.807, 2.05) is 6.92 Å². The highest BCUT2D eigenvalue weighted by Gasteiger charge is 2.10. The molecular weight excluding hydrogens is 230 g/mol. The number of hydrogen-bond donors (Lipinski definition) is 1. The van der Waals surface area contributed by atoms with Crippen molar-refractivity contribution >= 4 is 17.7 Å². The number of aryl methyl sites for hydroxylation is 1. The summed E-state index contributed by atoms with van der Waals surface area (Å²) in [6, 6.07) is 8.48. The first-order valence-electron chi connectivity index (χ1n) is 5.98. The van der Waals surface area contributed by atoms with Crippen LogP contribution in [0.5, 0.6) is 0 Å². The van der Waals surface area contributed by atoms with E-state index in [-0.39, 0.29) is 11.9 Å². The molecule has 2 nitrogen and oxygen atoms in total. The fourth-order valence-corrected chi connectivity index (χ4v) is 1.96. The van der Waals surface area contributed by atoms with Crippen molar-refractivity contribution in [1.29, 1.82) is 0 Å². The quantitative estimate of drug-likeness (QED) is 0.814. The van der Waals surface area contributed by atoms with Crippen molar-refractivity contribution in [2.45, 2.75) is 38.6 Å². The van der Waals surface area contributed by atoms with Crippen molar-refractivity contribution in [3.63, 3.8) is 0 Å². The Kier molecular flexibility index (Phi) is 5.56. The molecule has 0 unspecified atom stereocenters. The minimum Gasteiger partial charge on any atom is -0.353 e. The van der Waals surface area contributed by atoms with Gasteiger partial charge in [-0.15, -0.1) is 11.8 Å². The minimum absolute atomic E-state index is 0.108. The summed E-state index contributed by atoms with van der Waals surface area (Å²) in [6.45, 7) is 8.32. The zero-order valence-corrected chi connectivity index (χ0v) is 11.8. The van der Waals surface area contributed by atoms with E-state index in [2.05, 4.69) is 50.4 Å². The highest BCUT2D eigenvalue weighted by Crippen LogP contribution is 2.17. The van der Waals surface area contributed by atoms with E-state index in [1.54, 1.807) is 11.8 Å². The highest BCUT2D eigenvalue weighted by molar-refractivity contribution is 8.00. The van der Waals surface area contributed by atoms with Crippen LogP contribution in [0.15, 0.2) is 29.2 Å². The monoisotopic (exact) mass is 251 g/mol. The summed E-state index contributed by atoms with van der Waals surface area (Å²) in [7, 11) is 0. The lowest BCUT2D eigenvalue weighted by molar-refractivity contribution is -0.119. The first kappa shape index (κ1) is 14.1. The highest BCUT2D eigenvalue weighted by atomic mass is 32.2. The number of thioether (sulfide) groups is 1. The van der Waals surface area contributed by atoms with Crippen LogP contribution in [0.1, 0.15) is 26.3 Å². The van der Waals surface area contributed by atoms with Gasteiger partial charge in [0.2, 0.25) is 5.91 Å². The van der Waals surface area contributed by atoms with Crippen molar-refractivity contribution in [1.82, 2.24) is 5.32 Å². The van der Waals surface area contributed by atoms with Crippen molar-refractivity contribution < 1.29 is 4.79 Å². The van der Waals surface area contributed by atoms with E-state index in [0.717, 1.165) is 4.90 Å². The number of nitrogens with one attached hydrogen (secondary N) is 1. The standard InChI is InChI=1S/C14H21NOS/c1-10(2)12(4)15-14(16)9-17-13-7-5-11(3)6-8-13/h5-8,10,12H,9H2,1-4H3,(H,15,16)/t12-/m0/s1. The SMILES string of the molecule is Cc1ccc(SCC(=O)N[C@@H](C)C(C)C)cc1. The second kappa shape index (κ2) is 6.70. The van der Waals surface area contributed by atoms with Gasteiger partial charge in [-0.3, -0.25) is 4.79 Å². The summed E-state index contributed by atoms with van der Waals surface area (Å²) < 4.78 is 0. The molecule has 0 spiro atoms. The lowest BCUT2D eigenvalue weighted by atomic mass is 10.1. The zero-order chi connectivity index (χ0) is 12.8. The molecule has 0 saturated heterocycles. The maximum Gasteiger partial charge on any atom is 0.230 e. The third kappa shape index (κ3) is 5.26. The Morgan fingerprint density at radius 3 is 2.35 bits per heavy atom. The van der Waals surface area contributed by atoms with Gasteiger partial charge in [-0.05, 0) is 31.9 Å². The lowest BCUT2D eigenvalue weighted by Gasteiger charge is -2.17. The largest absolute Gasteiger partial charge is 0.353 e. The van der Waals surface area contributed by atoms with Crippen LogP contribution in [0.3, 0.4) is 0 Å². The Morgan fingerprint density at radius 2 is 1.82 bits per heavy atom. The van der Waals surface area contributed by atoms with Crippen molar-refractivity contribution in [2.75, 3.05) is 5.75 Å². The molecule has 1 atom stereocenters. The Hall–Kier alpha value is -0.960. The van der Waals surface area contributed by atoms with Gasteiger partial charge in [-0.25, -0.2) is 0 Å². The van der Waals surface area contributed by atoms with Gasteiger partial charge in [-0.1, -0.05) is 31.5 Å². The van der Waals surface area contributed by atoms with Crippen LogP contribution in [0.2, 0.25) is 0 Å². The lowest BCUT2D eigenvalue weighted by Crippen LogP contribution is -2.37. The third-order valence-electron chi connectivity index (χ3n) is 2.78. The summed E-state index contributed by atoms with van der Waals surface area (Å²) in [6.07, 6.45) is 0. The molecule has 3 heteroatoms. The average molecular weight is 251 g/mol. The summed E-state index contributed by atoms with van der Waals surface area (Å²) in [5.41, 5.74) is 1.24. The second-order valence-corrected chi connectivity index (χ2v) is 5.75. The van der Waals surface area contributed by atoms with Crippen molar-refractivity contribution in [2.24, 2.45) is 5.92 Å². The third-order valence-corrected chi connectivity index (χ3v) is 3.79. The van der Waals surface area contributed by atoms with Gasteiger partial charge in [0.15, 0.2) is 0 Å². The number of rotatable bonds is 5. The van der Waals surface area contributed by atoms with E-state index in [9.17, 15) is 4.79 Å². The van der Waals surface area contributed by atoms with Crippen molar-refractivity contribution in [3.05, 3.63) is 29.8 Å². The molecule has 0 aliphatic carbocycles. The number of benzene rings is 1. The molecule has 0 bridgehead atoms. The van der Waals surface area contributed by atoms with E-state index < -0.39 is 0 Å². The summed E-state index contributed by atoms with van der Waals surface area (Å²) in [5, 5.41) is 3.00. The summed E-state index contributed by atoms with van der Waals surface area (Å²) >= 11 is 1.58. The van der Waals surface area contributed by atoms with Crippen LogP contribution in [0.25, 0.3) is 0 Å². The molecule has 1 aromatic rings. The Morgan fingerprint density at radius 1 is 1.24 bits per heavy atom. The Bertz CT molecular complexity index is 359. The van der Waals surface area contributed by atoms with E-state index in [4.69, 9.17) is 0 Å². The maximum absolute atomic E-state index is 11.7. The molecule has 0 aliphatic heterocycles. The predicted octanol–water partition coefficient (Wildman–Crippen LogP) is 3.25. The molecule has 0 aliphatic rings. The van der Waals surface area contributed by atoms with Crippen LogP contribution in [-0.4, -0.2) is 17.7 Å². The predicted molar refractivity (Wildman–Crippen MR) is 74.3 cm³/mol. The first-order chi connectivity index (χ1) is 7.99. The fraction of sp³-hybridized carbons (Fsp3) is 0.500. The van der Waals surface area contributed by atoms with Gasteiger partial charge in [0.1, 0.15) is 0 Å². The van der Waals surface area contributed by atoms with Crippen LogP contribution < -0.4 is 5.32 Å². The van der Waals surface area contributed by atoms with Gasteiger partial charge in [-0.2, -0.15) is 0 Å². The van der Waals surface area contributed by atoms with Crippen molar-refractivity contribution in [3.8, 4) is 0 Å². The molecule has 17 heavy (non-hydrogen) atoms. The van der Waals surface area contributed by atoms with Gasteiger partial charge >= 0.3 is 0 Å². The normalized spacial score (nSPS) is 12.5. The van der Waals surface area contributed by atoms with Crippen LogP contribution >= 0.6 is 11.8 Å². The molecule has 1 rings (SSSR count). The molecule has 1 amide bonds. The Labute approximate surface area is 108 Å². The minimum atomic E-state index is 0.108. The summed E-state index contributed by atoms with van der Waals surface area (Å²) in [4.78, 5) is 12.8. The molecule has 1 N–H and O–H groups in total. The van der Waals surface area contributed by atoms with Crippen LogP contribution in [-0.2, 0) is 4.79 Å². The zero-order valence-electron chi connectivity index (χ0n) is 11.0.